The zero-order valence-electron chi connectivity index (χ0n) is 15.5. The zero-order chi connectivity index (χ0) is 18.1. The van der Waals surface area contributed by atoms with Crippen molar-refractivity contribution < 1.29 is 19.0 Å². The van der Waals surface area contributed by atoms with Crippen molar-refractivity contribution in [2.45, 2.75) is 32.2 Å². The van der Waals surface area contributed by atoms with E-state index in [0.29, 0.717) is 37.1 Å². The highest BCUT2D eigenvalue weighted by Crippen LogP contribution is 2.30. The molecule has 2 unspecified atom stereocenters. The molecular weight excluding hydrogens is 320 g/mol. The maximum absolute atomic E-state index is 12.2. The fraction of sp³-hybridized carbons (Fsp3) is 0.632. The van der Waals surface area contributed by atoms with Crippen molar-refractivity contribution >= 4 is 5.91 Å². The highest BCUT2D eigenvalue weighted by Gasteiger charge is 2.17. The van der Waals surface area contributed by atoms with Gasteiger partial charge in [-0.3, -0.25) is 4.79 Å². The number of carbonyl (C=O) groups is 1. The Morgan fingerprint density at radius 3 is 2.84 bits per heavy atom. The fourth-order valence-electron chi connectivity index (χ4n) is 3.00. The van der Waals surface area contributed by atoms with Crippen LogP contribution in [0.1, 0.15) is 37.8 Å². The van der Waals surface area contributed by atoms with Gasteiger partial charge < -0.3 is 24.8 Å². The summed E-state index contributed by atoms with van der Waals surface area (Å²) in [6.07, 6.45) is 2.69. The molecule has 0 aliphatic carbocycles. The van der Waals surface area contributed by atoms with E-state index in [-0.39, 0.29) is 11.9 Å². The summed E-state index contributed by atoms with van der Waals surface area (Å²) in [6.45, 7) is 5.07. The topological polar surface area (TPSA) is 68.8 Å². The van der Waals surface area contributed by atoms with Crippen LogP contribution in [0.25, 0.3) is 0 Å². The molecule has 1 saturated heterocycles. The van der Waals surface area contributed by atoms with Gasteiger partial charge in [0, 0.05) is 13.5 Å². The van der Waals surface area contributed by atoms with E-state index >= 15 is 0 Å². The second-order valence-electron chi connectivity index (χ2n) is 6.44. The summed E-state index contributed by atoms with van der Waals surface area (Å²) >= 11 is 0. The third-order valence-corrected chi connectivity index (χ3v) is 4.55. The van der Waals surface area contributed by atoms with Gasteiger partial charge in [0.2, 0.25) is 5.91 Å². The number of rotatable bonds is 10. The molecule has 0 radical (unpaired) electrons. The van der Waals surface area contributed by atoms with Crippen LogP contribution in [0.4, 0.5) is 0 Å². The molecule has 6 nitrogen and oxygen atoms in total. The quantitative estimate of drug-likeness (QED) is 0.634. The first-order valence-electron chi connectivity index (χ1n) is 8.93. The molecule has 1 aliphatic heterocycles. The average Bonchev–Trinajstić information content (AvgIpc) is 3.14. The summed E-state index contributed by atoms with van der Waals surface area (Å²) in [6, 6.07) is 5.66. The predicted octanol–water partition coefficient (Wildman–Crippen LogP) is 2.29. The molecule has 2 rings (SSSR count). The van der Waals surface area contributed by atoms with E-state index in [2.05, 4.69) is 10.6 Å². The summed E-state index contributed by atoms with van der Waals surface area (Å²) in [5.41, 5.74) is 0.992. The number of carbonyl (C=O) groups excluding carboxylic acids is 1. The molecule has 2 N–H and O–H groups in total. The number of nitrogens with one attached hydrogen (secondary N) is 2. The Balaban J connectivity index is 1.86. The minimum Gasteiger partial charge on any atom is -0.493 e. The van der Waals surface area contributed by atoms with Crippen LogP contribution in [0.2, 0.25) is 0 Å². The van der Waals surface area contributed by atoms with Crippen molar-refractivity contribution in [3.05, 3.63) is 23.8 Å². The lowest BCUT2D eigenvalue weighted by Crippen LogP contribution is -2.27. The van der Waals surface area contributed by atoms with Crippen LogP contribution in [0.15, 0.2) is 18.2 Å². The SMILES string of the molecule is COCCOc1ccc(C(C)NC(=O)CCC2CCNC2)cc1OC. The first-order valence-corrected chi connectivity index (χ1v) is 8.93. The summed E-state index contributed by atoms with van der Waals surface area (Å²) in [4.78, 5) is 12.2. The zero-order valence-corrected chi connectivity index (χ0v) is 15.5. The summed E-state index contributed by atoms with van der Waals surface area (Å²) in [5.74, 6) is 2.06. The molecule has 1 aromatic carbocycles. The van der Waals surface area contributed by atoms with Gasteiger partial charge in [-0.2, -0.15) is 0 Å². The van der Waals surface area contributed by atoms with E-state index < -0.39 is 0 Å². The summed E-state index contributed by atoms with van der Waals surface area (Å²) < 4.78 is 16.0. The van der Waals surface area contributed by atoms with Crippen molar-refractivity contribution in [3.63, 3.8) is 0 Å². The minimum atomic E-state index is -0.0730. The monoisotopic (exact) mass is 350 g/mol. The Morgan fingerprint density at radius 1 is 1.32 bits per heavy atom. The maximum atomic E-state index is 12.2. The molecule has 1 amide bonds. The van der Waals surface area contributed by atoms with Crippen LogP contribution in [0.5, 0.6) is 11.5 Å². The Bertz CT molecular complexity index is 544. The van der Waals surface area contributed by atoms with Crippen LogP contribution in [-0.2, 0) is 9.53 Å². The van der Waals surface area contributed by atoms with E-state index in [4.69, 9.17) is 14.2 Å². The first-order chi connectivity index (χ1) is 12.1. The van der Waals surface area contributed by atoms with Crippen LogP contribution < -0.4 is 20.1 Å². The first kappa shape index (κ1) is 19.5. The maximum Gasteiger partial charge on any atom is 0.220 e. The molecule has 0 aromatic heterocycles. The van der Waals surface area contributed by atoms with Crippen molar-refractivity contribution in [2.75, 3.05) is 40.5 Å². The normalized spacial score (nSPS) is 18.0. The summed E-state index contributed by atoms with van der Waals surface area (Å²) in [7, 11) is 3.25. The molecule has 1 fully saturated rings. The Labute approximate surface area is 150 Å². The Morgan fingerprint density at radius 2 is 2.16 bits per heavy atom. The highest BCUT2D eigenvalue weighted by molar-refractivity contribution is 5.76. The lowest BCUT2D eigenvalue weighted by Gasteiger charge is -2.17. The lowest BCUT2D eigenvalue weighted by atomic mass is 10.0. The van der Waals surface area contributed by atoms with Crippen LogP contribution >= 0.6 is 0 Å². The number of amides is 1. The smallest absolute Gasteiger partial charge is 0.220 e. The van der Waals surface area contributed by atoms with Crippen molar-refractivity contribution in [3.8, 4) is 11.5 Å². The van der Waals surface area contributed by atoms with E-state index in [0.717, 1.165) is 25.1 Å². The molecule has 6 heteroatoms. The van der Waals surface area contributed by atoms with Gasteiger partial charge in [0.05, 0.1) is 19.8 Å². The molecule has 1 aliphatic rings. The molecule has 0 saturated carbocycles. The number of ether oxygens (including phenoxy) is 3. The van der Waals surface area contributed by atoms with E-state index in [1.54, 1.807) is 14.2 Å². The highest BCUT2D eigenvalue weighted by atomic mass is 16.5. The molecule has 25 heavy (non-hydrogen) atoms. The molecule has 0 spiro atoms. The lowest BCUT2D eigenvalue weighted by molar-refractivity contribution is -0.122. The van der Waals surface area contributed by atoms with E-state index in [1.165, 1.54) is 6.42 Å². The number of benzene rings is 1. The van der Waals surface area contributed by atoms with Gasteiger partial charge in [-0.15, -0.1) is 0 Å². The van der Waals surface area contributed by atoms with Crippen molar-refractivity contribution in [2.24, 2.45) is 5.92 Å². The van der Waals surface area contributed by atoms with Crippen LogP contribution in [0, 0.1) is 5.92 Å². The molecule has 140 valence electrons. The minimum absolute atomic E-state index is 0.0730. The van der Waals surface area contributed by atoms with Gasteiger partial charge >= 0.3 is 0 Å². The van der Waals surface area contributed by atoms with Crippen molar-refractivity contribution in [1.82, 2.24) is 10.6 Å². The predicted molar refractivity (Wildman–Crippen MR) is 97.1 cm³/mol. The van der Waals surface area contributed by atoms with E-state index in [9.17, 15) is 4.79 Å². The molecule has 1 aromatic rings. The largest absolute Gasteiger partial charge is 0.493 e. The van der Waals surface area contributed by atoms with Gasteiger partial charge in [-0.05, 0) is 56.5 Å². The molecular formula is C19H30N2O4. The fourth-order valence-corrected chi connectivity index (χ4v) is 3.00. The van der Waals surface area contributed by atoms with Crippen LogP contribution in [-0.4, -0.2) is 46.4 Å². The standard InChI is InChI=1S/C19H30N2O4/c1-14(21-19(22)7-4-15-8-9-20-13-15)16-5-6-17(18(12-16)24-3)25-11-10-23-2/h5-6,12,14-15,20H,4,7-11,13H2,1-3H3,(H,21,22). The van der Waals surface area contributed by atoms with Gasteiger partial charge in [0.25, 0.3) is 0 Å². The van der Waals surface area contributed by atoms with Gasteiger partial charge in [-0.1, -0.05) is 6.07 Å². The average molecular weight is 350 g/mol. The van der Waals surface area contributed by atoms with Gasteiger partial charge in [0.15, 0.2) is 11.5 Å². The second kappa shape index (κ2) is 10.3. The Hall–Kier alpha value is -1.79. The van der Waals surface area contributed by atoms with Crippen LogP contribution in [0.3, 0.4) is 0 Å². The van der Waals surface area contributed by atoms with Gasteiger partial charge in [0.1, 0.15) is 6.61 Å². The number of hydrogen-bond acceptors (Lipinski definition) is 5. The molecule has 0 bridgehead atoms. The number of hydrogen-bond donors (Lipinski definition) is 2. The third kappa shape index (κ3) is 6.21. The van der Waals surface area contributed by atoms with Gasteiger partial charge in [-0.25, -0.2) is 0 Å². The molecule has 1 heterocycles. The summed E-state index contributed by atoms with van der Waals surface area (Å²) in [5, 5.41) is 6.40. The number of methoxy groups -OCH3 is 2. The van der Waals surface area contributed by atoms with E-state index in [1.807, 2.05) is 25.1 Å². The van der Waals surface area contributed by atoms with Crippen molar-refractivity contribution in [1.29, 1.82) is 0 Å². The Kier molecular flexibility index (Phi) is 8.01. The third-order valence-electron chi connectivity index (χ3n) is 4.55. The second-order valence-corrected chi connectivity index (χ2v) is 6.44. The molecule has 2 atom stereocenters.